The minimum Gasteiger partial charge on any atom is -0.366 e. The highest BCUT2D eigenvalue weighted by atomic mass is 15.2. The summed E-state index contributed by atoms with van der Waals surface area (Å²) in [6, 6.07) is 2.35. The number of likely N-dealkylation sites (N-methyl/N-ethyl adjacent to an activating group) is 1. The molecule has 0 radical (unpaired) electrons. The minimum atomic E-state index is 0.365. The molecule has 0 aliphatic heterocycles. The molecule has 0 bridgehead atoms. The normalized spacial score (nSPS) is 12.5. The predicted octanol–water partition coefficient (Wildman–Crippen LogP) is 2.36. The maximum absolute atomic E-state index is 4.47. The van der Waals surface area contributed by atoms with Crippen molar-refractivity contribution in [1.82, 2.24) is 14.9 Å². The second kappa shape index (κ2) is 7.94. The molecule has 2 N–H and O–H groups in total. The Morgan fingerprint density at radius 3 is 2.47 bits per heavy atom. The van der Waals surface area contributed by atoms with Crippen LogP contribution in [0.5, 0.6) is 0 Å². The summed E-state index contributed by atoms with van der Waals surface area (Å²) in [5.41, 5.74) is 0.975. The molecule has 0 aliphatic rings. The van der Waals surface area contributed by atoms with E-state index in [9.17, 15) is 0 Å². The van der Waals surface area contributed by atoms with Crippen LogP contribution in [0.1, 0.15) is 33.4 Å². The maximum Gasteiger partial charge on any atom is 0.224 e. The third-order valence-corrected chi connectivity index (χ3v) is 3.01. The molecule has 0 amide bonds. The minimum absolute atomic E-state index is 0.365. The van der Waals surface area contributed by atoms with Gasteiger partial charge < -0.3 is 15.5 Å². The third-order valence-electron chi connectivity index (χ3n) is 3.01. The standard InChI is InChI=1S/C14H27N5/c1-6-15-14-17-11(4)9-13(18-14)16-12(5)10-19(7-2)8-3/h9,12H,6-8,10H2,1-5H3,(H2,15,16,17,18). The molecule has 1 aromatic rings. The van der Waals surface area contributed by atoms with E-state index in [4.69, 9.17) is 0 Å². The second-order valence-corrected chi connectivity index (χ2v) is 4.78. The summed E-state index contributed by atoms with van der Waals surface area (Å²) in [5.74, 6) is 1.59. The third kappa shape index (κ3) is 5.42. The maximum atomic E-state index is 4.47. The number of aryl methyl sites for hydroxylation is 1. The van der Waals surface area contributed by atoms with Gasteiger partial charge in [-0.25, -0.2) is 4.98 Å². The molecule has 19 heavy (non-hydrogen) atoms. The van der Waals surface area contributed by atoms with E-state index in [1.807, 2.05) is 19.9 Å². The summed E-state index contributed by atoms with van der Waals surface area (Å²) in [6.45, 7) is 14.6. The summed E-state index contributed by atoms with van der Waals surface area (Å²) >= 11 is 0. The second-order valence-electron chi connectivity index (χ2n) is 4.78. The van der Waals surface area contributed by atoms with E-state index in [0.717, 1.165) is 37.7 Å². The van der Waals surface area contributed by atoms with Gasteiger partial charge in [0.05, 0.1) is 0 Å². The van der Waals surface area contributed by atoms with Crippen LogP contribution in [0.25, 0.3) is 0 Å². The first-order valence-electron chi connectivity index (χ1n) is 7.17. The van der Waals surface area contributed by atoms with E-state index in [-0.39, 0.29) is 0 Å². The van der Waals surface area contributed by atoms with Gasteiger partial charge in [0.2, 0.25) is 5.95 Å². The Morgan fingerprint density at radius 1 is 1.21 bits per heavy atom. The van der Waals surface area contributed by atoms with Crippen molar-refractivity contribution < 1.29 is 0 Å². The zero-order chi connectivity index (χ0) is 14.3. The number of rotatable bonds is 8. The molecule has 0 saturated carbocycles. The Morgan fingerprint density at radius 2 is 1.89 bits per heavy atom. The molecule has 1 heterocycles. The molecule has 1 unspecified atom stereocenters. The van der Waals surface area contributed by atoms with Crippen molar-refractivity contribution in [2.75, 3.05) is 36.8 Å². The van der Waals surface area contributed by atoms with Crippen molar-refractivity contribution in [2.45, 2.75) is 40.7 Å². The average molecular weight is 265 g/mol. The lowest BCUT2D eigenvalue weighted by atomic mass is 10.3. The molecule has 0 aromatic carbocycles. The van der Waals surface area contributed by atoms with Crippen molar-refractivity contribution >= 4 is 11.8 Å². The smallest absolute Gasteiger partial charge is 0.224 e. The Balaban J connectivity index is 2.65. The largest absolute Gasteiger partial charge is 0.366 e. The van der Waals surface area contributed by atoms with Gasteiger partial charge in [-0.05, 0) is 33.9 Å². The van der Waals surface area contributed by atoms with Gasteiger partial charge in [-0.15, -0.1) is 0 Å². The molecule has 0 spiro atoms. The fraction of sp³-hybridized carbons (Fsp3) is 0.714. The molecular formula is C14H27N5. The van der Waals surface area contributed by atoms with Crippen molar-refractivity contribution in [3.05, 3.63) is 11.8 Å². The van der Waals surface area contributed by atoms with Crippen molar-refractivity contribution in [2.24, 2.45) is 0 Å². The Hall–Kier alpha value is -1.36. The van der Waals surface area contributed by atoms with Crippen LogP contribution in [-0.4, -0.2) is 47.1 Å². The molecule has 0 fully saturated rings. The molecule has 0 aliphatic carbocycles. The first-order chi connectivity index (χ1) is 9.08. The Labute approximate surface area is 116 Å². The van der Waals surface area contributed by atoms with Crippen molar-refractivity contribution in [3.8, 4) is 0 Å². The zero-order valence-corrected chi connectivity index (χ0v) is 12.8. The van der Waals surface area contributed by atoms with Crippen LogP contribution in [0.4, 0.5) is 11.8 Å². The lowest BCUT2D eigenvalue weighted by Gasteiger charge is -2.24. The summed E-state index contributed by atoms with van der Waals surface area (Å²) in [5, 5.41) is 6.60. The van der Waals surface area contributed by atoms with Crippen LogP contribution in [0, 0.1) is 6.92 Å². The van der Waals surface area contributed by atoms with E-state index in [0.29, 0.717) is 12.0 Å². The van der Waals surface area contributed by atoms with Gasteiger partial charge in [-0.1, -0.05) is 13.8 Å². The summed E-state index contributed by atoms with van der Waals surface area (Å²) < 4.78 is 0. The monoisotopic (exact) mass is 265 g/mol. The summed E-state index contributed by atoms with van der Waals surface area (Å²) in [7, 11) is 0. The highest BCUT2D eigenvalue weighted by molar-refractivity contribution is 5.42. The summed E-state index contributed by atoms with van der Waals surface area (Å²) in [4.78, 5) is 11.2. The SMILES string of the molecule is CCNc1nc(C)cc(NC(C)CN(CC)CC)n1. The van der Waals surface area contributed by atoms with Gasteiger partial charge in [0.25, 0.3) is 0 Å². The van der Waals surface area contributed by atoms with Gasteiger partial charge in [-0.3, -0.25) is 0 Å². The molecular weight excluding hydrogens is 238 g/mol. The number of nitrogens with zero attached hydrogens (tertiary/aromatic N) is 3. The quantitative estimate of drug-likeness (QED) is 0.755. The molecule has 108 valence electrons. The molecule has 5 heteroatoms. The Bertz CT molecular complexity index is 376. The number of hydrogen-bond donors (Lipinski definition) is 2. The van der Waals surface area contributed by atoms with E-state index < -0.39 is 0 Å². The Kier molecular flexibility index (Phi) is 6.56. The fourth-order valence-electron chi connectivity index (χ4n) is 2.05. The first-order valence-corrected chi connectivity index (χ1v) is 7.17. The number of hydrogen-bond acceptors (Lipinski definition) is 5. The molecule has 1 atom stereocenters. The average Bonchev–Trinajstić information content (AvgIpc) is 2.35. The number of anilines is 2. The fourth-order valence-corrected chi connectivity index (χ4v) is 2.05. The van der Waals surface area contributed by atoms with Crippen LogP contribution in [0.15, 0.2) is 6.07 Å². The van der Waals surface area contributed by atoms with E-state index in [2.05, 4.69) is 46.3 Å². The molecule has 5 nitrogen and oxygen atoms in total. The highest BCUT2D eigenvalue weighted by Crippen LogP contribution is 2.11. The van der Waals surface area contributed by atoms with Gasteiger partial charge in [0.15, 0.2) is 0 Å². The van der Waals surface area contributed by atoms with Gasteiger partial charge in [-0.2, -0.15) is 4.98 Å². The lowest BCUT2D eigenvalue weighted by molar-refractivity contribution is 0.294. The predicted molar refractivity (Wildman–Crippen MR) is 81.8 cm³/mol. The molecule has 1 aromatic heterocycles. The molecule has 0 saturated heterocycles. The van der Waals surface area contributed by atoms with Gasteiger partial charge in [0, 0.05) is 30.9 Å². The van der Waals surface area contributed by atoms with Crippen molar-refractivity contribution in [1.29, 1.82) is 0 Å². The van der Waals surface area contributed by atoms with Crippen molar-refractivity contribution in [3.63, 3.8) is 0 Å². The first kappa shape index (κ1) is 15.7. The van der Waals surface area contributed by atoms with E-state index in [1.165, 1.54) is 0 Å². The van der Waals surface area contributed by atoms with Crippen LogP contribution in [0.3, 0.4) is 0 Å². The topological polar surface area (TPSA) is 53.1 Å². The van der Waals surface area contributed by atoms with E-state index in [1.54, 1.807) is 0 Å². The van der Waals surface area contributed by atoms with E-state index >= 15 is 0 Å². The number of aromatic nitrogens is 2. The highest BCUT2D eigenvalue weighted by Gasteiger charge is 2.09. The lowest BCUT2D eigenvalue weighted by Crippen LogP contribution is -2.35. The molecule has 1 rings (SSSR count). The van der Waals surface area contributed by atoms with Crippen LogP contribution in [-0.2, 0) is 0 Å². The van der Waals surface area contributed by atoms with Crippen LogP contribution in [0.2, 0.25) is 0 Å². The van der Waals surface area contributed by atoms with Crippen LogP contribution >= 0.6 is 0 Å². The van der Waals surface area contributed by atoms with Gasteiger partial charge in [0.1, 0.15) is 5.82 Å². The summed E-state index contributed by atoms with van der Waals surface area (Å²) in [6.07, 6.45) is 0. The van der Waals surface area contributed by atoms with Crippen LogP contribution < -0.4 is 10.6 Å². The van der Waals surface area contributed by atoms with Gasteiger partial charge >= 0.3 is 0 Å². The number of nitrogens with one attached hydrogen (secondary N) is 2. The zero-order valence-electron chi connectivity index (χ0n) is 12.8.